The summed E-state index contributed by atoms with van der Waals surface area (Å²) in [6.45, 7) is 6.97. The summed E-state index contributed by atoms with van der Waals surface area (Å²) in [5, 5.41) is 0. The minimum atomic E-state index is -0.962. The van der Waals surface area contributed by atoms with Crippen molar-refractivity contribution >= 4 is 23.9 Å². The van der Waals surface area contributed by atoms with Crippen LogP contribution in [0.25, 0.3) is 0 Å². The number of ether oxygens (including phenoxy) is 1. The van der Waals surface area contributed by atoms with E-state index in [9.17, 15) is 14.0 Å². The van der Waals surface area contributed by atoms with Crippen molar-refractivity contribution in [1.82, 2.24) is 9.97 Å². The van der Waals surface area contributed by atoms with Gasteiger partial charge in [0.2, 0.25) is 5.95 Å². The van der Waals surface area contributed by atoms with Gasteiger partial charge in [-0.25, -0.2) is 14.7 Å². The van der Waals surface area contributed by atoms with Crippen molar-refractivity contribution in [1.29, 1.82) is 0 Å². The molecule has 0 fully saturated rings. The lowest BCUT2D eigenvalue weighted by Crippen LogP contribution is -2.34. The summed E-state index contributed by atoms with van der Waals surface area (Å²) in [5.74, 6) is -0.964. The largest absolute Gasteiger partial charge is 0.443 e. The maximum Gasteiger partial charge on any atom is 0.420 e. The Bertz CT molecular complexity index is 755. The summed E-state index contributed by atoms with van der Waals surface area (Å²) < 4.78 is 19.2. The Morgan fingerprint density at radius 3 is 2.46 bits per heavy atom. The molecule has 126 valence electrons. The minimum Gasteiger partial charge on any atom is -0.443 e. The van der Waals surface area contributed by atoms with Gasteiger partial charge in [0.15, 0.2) is 6.29 Å². The molecule has 2 aromatic rings. The SMILES string of the molecule is Cc1ccc(N(C(=O)OC(C)(C)C)c2ccc(C=O)c(F)n2)cn1. The van der Waals surface area contributed by atoms with Gasteiger partial charge in [-0.2, -0.15) is 4.39 Å². The van der Waals surface area contributed by atoms with Crippen LogP contribution in [0.2, 0.25) is 0 Å². The fraction of sp³-hybridized carbons (Fsp3) is 0.294. The number of rotatable bonds is 3. The molecule has 0 aliphatic heterocycles. The summed E-state index contributed by atoms with van der Waals surface area (Å²) in [7, 11) is 0. The summed E-state index contributed by atoms with van der Waals surface area (Å²) in [5.41, 5.74) is 0.207. The van der Waals surface area contributed by atoms with Crippen molar-refractivity contribution in [2.24, 2.45) is 0 Å². The first-order chi connectivity index (χ1) is 11.2. The molecule has 0 radical (unpaired) electrons. The van der Waals surface area contributed by atoms with E-state index in [-0.39, 0.29) is 11.4 Å². The van der Waals surface area contributed by atoms with Crippen molar-refractivity contribution in [3.63, 3.8) is 0 Å². The Kier molecular flexibility index (Phi) is 4.92. The first-order valence-electron chi connectivity index (χ1n) is 7.29. The van der Waals surface area contributed by atoms with Gasteiger partial charge in [-0.05, 0) is 52.0 Å². The Morgan fingerprint density at radius 1 is 1.25 bits per heavy atom. The predicted molar refractivity (Wildman–Crippen MR) is 86.9 cm³/mol. The van der Waals surface area contributed by atoms with Crippen LogP contribution in [0.3, 0.4) is 0 Å². The van der Waals surface area contributed by atoms with Crippen molar-refractivity contribution in [3.05, 3.63) is 47.7 Å². The van der Waals surface area contributed by atoms with E-state index in [1.165, 1.54) is 18.3 Å². The lowest BCUT2D eigenvalue weighted by atomic mass is 10.2. The molecule has 6 nitrogen and oxygen atoms in total. The van der Waals surface area contributed by atoms with Crippen molar-refractivity contribution in [2.45, 2.75) is 33.3 Å². The van der Waals surface area contributed by atoms with Gasteiger partial charge >= 0.3 is 6.09 Å². The molecule has 0 atom stereocenters. The highest BCUT2D eigenvalue weighted by Crippen LogP contribution is 2.26. The van der Waals surface area contributed by atoms with Gasteiger partial charge in [0.05, 0.1) is 17.4 Å². The summed E-state index contributed by atoms with van der Waals surface area (Å²) in [6.07, 6.45) is 1.10. The molecular weight excluding hydrogens is 313 g/mol. The van der Waals surface area contributed by atoms with E-state index in [2.05, 4.69) is 9.97 Å². The van der Waals surface area contributed by atoms with Gasteiger partial charge in [0.25, 0.3) is 0 Å². The smallest absolute Gasteiger partial charge is 0.420 e. The van der Waals surface area contributed by atoms with Crippen LogP contribution >= 0.6 is 0 Å². The lowest BCUT2D eigenvalue weighted by molar-refractivity contribution is 0.0598. The number of aldehydes is 1. The second-order valence-electron chi connectivity index (χ2n) is 6.14. The third-order valence-corrected chi connectivity index (χ3v) is 2.95. The van der Waals surface area contributed by atoms with E-state index in [0.29, 0.717) is 12.0 Å². The molecule has 0 aromatic carbocycles. The molecule has 2 heterocycles. The molecule has 0 spiro atoms. The van der Waals surface area contributed by atoms with Crippen LogP contribution in [-0.4, -0.2) is 27.9 Å². The van der Waals surface area contributed by atoms with E-state index in [0.717, 1.165) is 10.6 Å². The zero-order chi connectivity index (χ0) is 17.9. The third-order valence-electron chi connectivity index (χ3n) is 2.95. The number of hydrogen-bond acceptors (Lipinski definition) is 5. The highest BCUT2D eigenvalue weighted by atomic mass is 19.1. The molecule has 2 aromatic heterocycles. The van der Waals surface area contributed by atoms with Crippen molar-refractivity contribution in [3.8, 4) is 0 Å². The zero-order valence-electron chi connectivity index (χ0n) is 13.9. The molecule has 1 amide bonds. The molecule has 0 aliphatic carbocycles. The van der Waals surface area contributed by atoms with Crippen molar-refractivity contribution in [2.75, 3.05) is 4.90 Å². The molecule has 0 aliphatic rings. The maximum absolute atomic E-state index is 13.9. The van der Waals surface area contributed by atoms with Crippen LogP contribution in [0.1, 0.15) is 36.8 Å². The molecule has 0 bridgehead atoms. The molecule has 2 rings (SSSR count). The maximum atomic E-state index is 13.9. The Morgan fingerprint density at radius 2 is 1.96 bits per heavy atom. The monoisotopic (exact) mass is 331 g/mol. The van der Waals surface area contributed by atoms with E-state index >= 15 is 0 Å². The molecule has 0 unspecified atom stereocenters. The highest BCUT2D eigenvalue weighted by molar-refractivity contribution is 5.95. The number of amides is 1. The van der Waals surface area contributed by atoms with Gasteiger partial charge in [-0.15, -0.1) is 0 Å². The Balaban J connectivity index is 2.50. The number of halogens is 1. The number of pyridine rings is 2. The van der Waals surface area contributed by atoms with Crippen LogP contribution < -0.4 is 4.90 Å². The highest BCUT2D eigenvalue weighted by Gasteiger charge is 2.26. The number of aryl methyl sites for hydroxylation is 1. The molecule has 0 N–H and O–H groups in total. The van der Waals surface area contributed by atoms with Gasteiger partial charge in [-0.3, -0.25) is 9.78 Å². The molecule has 0 saturated heterocycles. The number of aromatic nitrogens is 2. The standard InChI is InChI=1S/C17H18FN3O3/c1-11-5-7-13(9-19-11)21(16(23)24-17(2,3)4)14-8-6-12(10-22)15(18)20-14/h5-10H,1-4H3. The summed E-state index contributed by atoms with van der Waals surface area (Å²) >= 11 is 0. The van der Waals surface area contributed by atoms with E-state index in [1.807, 2.05) is 0 Å². The Labute approximate surface area is 139 Å². The summed E-state index contributed by atoms with van der Waals surface area (Å²) in [6, 6.07) is 5.99. The number of carbonyl (C=O) groups excluding carboxylic acids is 2. The van der Waals surface area contributed by atoms with Crippen LogP contribution in [0, 0.1) is 12.9 Å². The molecule has 7 heteroatoms. The average molecular weight is 331 g/mol. The number of carbonyl (C=O) groups is 2. The number of nitrogens with zero attached hydrogens (tertiary/aromatic N) is 3. The van der Waals surface area contributed by atoms with Gasteiger partial charge in [0.1, 0.15) is 11.4 Å². The average Bonchev–Trinajstić information content (AvgIpc) is 2.48. The fourth-order valence-electron chi connectivity index (χ4n) is 1.88. The van der Waals surface area contributed by atoms with Crippen LogP contribution in [0.15, 0.2) is 30.5 Å². The van der Waals surface area contributed by atoms with Crippen LogP contribution in [0.5, 0.6) is 0 Å². The van der Waals surface area contributed by atoms with Gasteiger partial charge in [0, 0.05) is 5.69 Å². The molecule has 24 heavy (non-hydrogen) atoms. The first kappa shape index (κ1) is 17.5. The van der Waals surface area contributed by atoms with Gasteiger partial charge < -0.3 is 4.74 Å². The molecular formula is C17H18FN3O3. The minimum absolute atomic E-state index is 0.00185. The summed E-state index contributed by atoms with van der Waals surface area (Å²) in [4.78, 5) is 32.2. The zero-order valence-corrected chi connectivity index (χ0v) is 13.9. The number of hydrogen-bond donors (Lipinski definition) is 0. The molecule has 0 saturated carbocycles. The van der Waals surface area contributed by atoms with Crippen LogP contribution in [-0.2, 0) is 4.74 Å². The quantitative estimate of drug-likeness (QED) is 0.632. The predicted octanol–water partition coefficient (Wildman–Crippen LogP) is 3.81. The second kappa shape index (κ2) is 6.74. The second-order valence-corrected chi connectivity index (χ2v) is 6.14. The topological polar surface area (TPSA) is 72.4 Å². The Hall–Kier alpha value is -2.83. The van der Waals surface area contributed by atoms with Gasteiger partial charge in [-0.1, -0.05) is 0 Å². The van der Waals surface area contributed by atoms with E-state index < -0.39 is 17.6 Å². The lowest BCUT2D eigenvalue weighted by Gasteiger charge is -2.26. The van der Waals surface area contributed by atoms with E-state index in [4.69, 9.17) is 4.74 Å². The number of anilines is 2. The van der Waals surface area contributed by atoms with E-state index in [1.54, 1.807) is 39.8 Å². The normalized spacial score (nSPS) is 11.0. The first-order valence-corrected chi connectivity index (χ1v) is 7.29. The fourth-order valence-corrected chi connectivity index (χ4v) is 1.88. The third kappa shape index (κ3) is 4.13. The van der Waals surface area contributed by atoms with Crippen LogP contribution in [0.4, 0.5) is 20.7 Å². The van der Waals surface area contributed by atoms with Crippen molar-refractivity contribution < 1.29 is 18.7 Å².